The number of hydrogen-bond acceptors (Lipinski definition) is 0. The molecule has 1 nitrogen and oxygen atoms in total. The van der Waals surface area contributed by atoms with E-state index in [-0.39, 0.29) is 0 Å². The number of nitrogens with one attached hydrogen (secondary N) is 1. The van der Waals surface area contributed by atoms with Crippen LogP contribution in [0.5, 0.6) is 0 Å². The number of benzene rings is 1. The molecular formula is C11H10N. The summed E-state index contributed by atoms with van der Waals surface area (Å²) in [6.45, 7) is 0. The van der Waals surface area contributed by atoms with E-state index in [0.717, 1.165) is 5.92 Å². The molecule has 2 aromatic rings. The zero-order valence-electron chi connectivity index (χ0n) is 6.80. The summed E-state index contributed by atoms with van der Waals surface area (Å²) in [5.74, 6) is 0.817. The van der Waals surface area contributed by atoms with Crippen molar-refractivity contribution in [3.63, 3.8) is 0 Å². The maximum absolute atomic E-state index is 3.43. The molecule has 1 N–H and O–H groups in total. The van der Waals surface area contributed by atoms with Crippen LogP contribution in [-0.2, 0) is 0 Å². The quantitative estimate of drug-likeness (QED) is 0.653. The Kier molecular flexibility index (Phi) is 1.12. The monoisotopic (exact) mass is 156 g/mol. The number of rotatable bonds is 1. The van der Waals surface area contributed by atoms with Gasteiger partial charge >= 0.3 is 0 Å². The third-order valence-corrected chi connectivity index (χ3v) is 2.50. The van der Waals surface area contributed by atoms with Gasteiger partial charge in [-0.05, 0) is 42.3 Å². The molecule has 59 valence electrons. The predicted octanol–water partition coefficient (Wildman–Crippen LogP) is 2.85. The molecule has 1 fully saturated rings. The highest BCUT2D eigenvalue weighted by Crippen LogP contribution is 2.40. The van der Waals surface area contributed by atoms with E-state index in [0.29, 0.717) is 0 Å². The molecule has 0 spiro atoms. The zero-order valence-corrected chi connectivity index (χ0v) is 6.80. The first-order chi connectivity index (χ1) is 5.93. The molecule has 1 heterocycles. The number of H-pyrrole nitrogens is 1. The van der Waals surface area contributed by atoms with Crippen molar-refractivity contribution in [1.29, 1.82) is 0 Å². The van der Waals surface area contributed by atoms with E-state index in [4.69, 9.17) is 0 Å². The maximum atomic E-state index is 3.43. The Balaban J connectivity index is 2.23. The minimum Gasteiger partial charge on any atom is -0.358 e. The topological polar surface area (TPSA) is 15.8 Å². The van der Waals surface area contributed by atoms with Crippen LogP contribution in [-0.4, -0.2) is 4.98 Å². The Morgan fingerprint density at radius 3 is 3.08 bits per heavy atom. The van der Waals surface area contributed by atoms with Crippen LogP contribution in [0.25, 0.3) is 10.9 Å². The van der Waals surface area contributed by atoms with Crippen LogP contribution in [0.1, 0.15) is 24.5 Å². The van der Waals surface area contributed by atoms with Gasteiger partial charge in [-0.3, -0.25) is 0 Å². The van der Waals surface area contributed by atoms with Gasteiger partial charge in [0.25, 0.3) is 0 Å². The standard InChI is InChI=1S/C11H10N/c1-2-4-10-9(3-1)7-11(12-10)8-5-6-8/h1,3-4,7-8,12H,5-6H2. The largest absolute Gasteiger partial charge is 0.358 e. The van der Waals surface area contributed by atoms with Crippen LogP contribution in [0.4, 0.5) is 0 Å². The molecule has 0 aliphatic heterocycles. The van der Waals surface area contributed by atoms with Crippen molar-refractivity contribution in [3.8, 4) is 0 Å². The normalized spacial score (nSPS) is 17.0. The van der Waals surface area contributed by atoms with Gasteiger partial charge in [0.15, 0.2) is 0 Å². The molecule has 1 aliphatic carbocycles. The van der Waals surface area contributed by atoms with Crippen molar-refractivity contribution in [2.75, 3.05) is 0 Å². The average Bonchev–Trinajstić information content (AvgIpc) is 2.85. The Bertz CT molecular complexity index is 377. The van der Waals surface area contributed by atoms with Gasteiger partial charge in [0.05, 0.1) is 0 Å². The molecule has 1 aromatic carbocycles. The van der Waals surface area contributed by atoms with Crippen molar-refractivity contribution < 1.29 is 0 Å². The summed E-state index contributed by atoms with van der Waals surface area (Å²) in [7, 11) is 0. The molecule has 1 heteroatoms. The highest BCUT2D eigenvalue weighted by atomic mass is 14.7. The van der Waals surface area contributed by atoms with Crippen molar-refractivity contribution >= 4 is 10.9 Å². The van der Waals surface area contributed by atoms with E-state index in [1.165, 1.54) is 29.4 Å². The van der Waals surface area contributed by atoms with Crippen LogP contribution in [0.3, 0.4) is 0 Å². The van der Waals surface area contributed by atoms with E-state index >= 15 is 0 Å². The lowest BCUT2D eigenvalue weighted by Crippen LogP contribution is -1.74. The van der Waals surface area contributed by atoms with Gasteiger partial charge < -0.3 is 4.98 Å². The van der Waals surface area contributed by atoms with E-state index in [1.54, 1.807) is 0 Å². The summed E-state index contributed by atoms with van der Waals surface area (Å²) in [6.07, 6.45) is 2.72. The van der Waals surface area contributed by atoms with E-state index < -0.39 is 0 Å². The van der Waals surface area contributed by atoms with Gasteiger partial charge in [-0.1, -0.05) is 12.1 Å². The lowest BCUT2D eigenvalue weighted by atomic mass is 10.2. The van der Waals surface area contributed by atoms with Gasteiger partial charge in [0.2, 0.25) is 0 Å². The minimum absolute atomic E-state index is 0.817. The van der Waals surface area contributed by atoms with Gasteiger partial charge in [-0.25, -0.2) is 0 Å². The van der Waals surface area contributed by atoms with Crippen molar-refractivity contribution in [1.82, 2.24) is 4.98 Å². The highest BCUT2D eigenvalue weighted by Gasteiger charge is 2.24. The molecule has 0 unspecified atom stereocenters. The summed E-state index contributed by atoms with van der Waals surface area (Å²) < 4.78 is 0. The van der Waals surface area contributed by atoms with E-state index in [1.807, 2.05) is 12.1 Å². The molecular weight excluding hydrogens is 146 g/mol. The lowest BCUT2D eigenvalue weighted by Gasteiger charge is -1.86. The van der Waals surface area contributed by atoms with Crippen LogP contribution < -0.4 is 0 Å². The Morgan fingerprint density at radius 2 is 2.33 bits per heavy atom. The summed E-state index contributed by atoms with van der Waals surface area (Å²) in [4.78, 5) is 3.43. The lowest BCUT2D eigenvalue weighted by molar-refractivity contribution is 1.06. The average molecular weight is 156 g/mol. The zero-order chi connectivity index (χ0) is 7.97. The molecule has 0 atom stereocenters. The van der Waals surface area contributed by atoms with Crippen molar-refractivity contribution in [2.45, 2.75) is 18.8 Å². The maximum Gasteiger partial charge on any atom is 0.0462 e. The second kappa shape index (κ2) is 2.13. The molecule has 0 amide bonds. The van der Waals surface area contributed by atoms with Crippen LogP contribution >= 0.6 is 0 Å². The number of aromatic amines is 1. The van der Waals surface area contributed by atoms with Gasteiger partial charge in [-0.15, -0.1) is 0 Å². The van der Waals surface area contributed by atoms with E-state index in [9.17, 15) is 0 Å². The van der Waals surface area contributed by atoms with Gasteiger partial charge in [0, 0.05) is 11.2 Å². The number of aromatic nitrogens is 1. The second-order valence-corrected chi connectivity index (χ2v) is 3.51. The molecule has 12 heavy (non-hydrogen) atoms. The number of hydrogen-bond donors (Lipinski definition) is 1. The molecule has 0 bridgehead atoms. The highest BCUT2D eigenvalue weighted by molar-refractivity contribution is 5.80. The first-order valence-electron chi connectivity index (χ1n) is 4.42. The smallest absolute Gasteiger partial charge is 0.0462 e. The second-order valence-electron chi connectivity index (χ2n) is 3.51. The van der Waals surface area contributed by atoms with Crippen molar-refractivity contribution in [3.05, 3.63) is 36.0 Å². The summed E-state index contributed by atoms with van der Waals surface area (Å²) in [5.41, 5.74) is 2.63. The fourth-order valence-corrected chi connectivity index (χ4v) is 1.65. The molecule has 3 rings (SSSR count). The first kappa shape index (κ1) is 6.30. The van der Waals surface area contributed by atoms with Crippen LogP contribution in [0.15, 0.2) is 24.3 Å². The molecule has 1 aromatic heterocycles. The molecule has 1 aliphatic rings. The first-order valence-corrected chi connectivity index (χ1v) is 4.42. The summed E-state index contributed by atoms with van der Waals surface area (Å²) in [6, 6.07) is 11.4. The van der Waals surface area contributed by atoms with Crippen molar-refractivity contribution in [2.24, 2.45) is 0 Å². The fraction of sp³-hybridized carbons (Fsp3) is 0.273. The third-order valence-electron chi connectivity index (χ3n) is 2.50. The predicted molar refractivity (Wildman–Crippen MR) is 49.1 cm³/mol. The third kappa shape index (κ3) is 0.860. The van der Waals surface area contributed by atoms with Gasteiger partial charge in [0.1, 0.15) is 0 Å². The summed E-state index contributed by atoms with van der Waals surface area (Å²) >= 11 is 0. The van der Waals surface area contributed by atoms with Crippen LogP contribution in [0, 0.1) is 6.07 Å². The van der Waals surface area contributed by atoms with Gasteiger partial charge in [-0.2, -0.15) is 0 Å². The molecule has 0 saturated heterocycles. The Hall–Kier alpha value is -1.24. The molecule has 1 radical (unpaired) electrons. The minimum atomic E-state index is 0.817. The Labute approximate surface area is 71.4 Å². The molecule has 1 saturated carbocycles. The fourth-order valence-electron chi connectivity index (χ4n) is 1.65. The van der Waals surface area contributed by atoms with Crippen LogP contribution in [0.2, 0.25) is 0 Å². The SMILES string of the molecule is [c]1ccc2cc(C3CC3)[nH]c2c1. The summed E-state index contributed by atoms with van der Waals surface area (Å²) in [5, 5.41) is 1.32. The number of fused-ring (bicyclic) bond motifs is 1. The van der Waals surface area contributed by atoms with E-state index in [2.05, 4.69) is 23.2 Å². The Morgan fingerprint density at radius 1 is 1.42 bits per heavy atom.